The molecule has 2 rings (SSSR count). The number of allylic oxidation sites excluding steroid dienone is 1. The van der Waals surface area contributed by atoms with E-state index in [1.807, 2.05) is 0 Å². The second-order valence-corrected chi connectivity index (χ2v) is 5.62. The highest BCUT2D eigenvalue weighted by molar-refractivity contribution is 5.97. The largest absolute Gasteiger partial charge is 0.494 e. The SMILES string of the molecule is COc1cc(C(=O)CC=C(N)NC2CCCCC2)ccc1F. The number of ether oxygens (including phenoxy) is 1. The lowest BCUT2D eigenvalue weighted by Gasteiger charge is -2.23. The van der Waals surface area contributed by atoms with E-state index in [4.69, 9.17) is 10.5 Å². The summed E-state index contributed by atoms with van der Waals surface area (Å²) in [6.45, 7) is 0. The van der Waals surface area contributed by atoms with Crippen LogP contribution < -0.4 is 15.8 Å². The molecule has 1 saturated carbocycles. The number of Topliss-reactive ketones (excluding diaryl/α,β-unsaturated/α-hetero) is 1. The standard InChI is InChI=1S/C17H23FN2O2/c1-22-16-11-12(7-8-14(16)18)15(21)9-10-17(19)20-13-5-3-2-4-6-13/h7-8,10-11,13,20H,2-6,9,19H2,1H3. The molecule has 0 amide bonds. The zero-order chi connectivity index (χ0) is 15.9. The molecule has 0 radical (unpaired) electrons. The highest BCUT2D eigenvalue weighted by Gasteiger charge is 2.13. The van der Waals surface area contributed by atoms with Crippen LogP contribution in [0, 0.1) is 5.82 Å². The number of hydrogen-bond donors (Lipinski definition) is 2. The summed E-state index contributed by atoms with van der Waals surface area (Å²) in [5.74, 6) is 0.0113. The van der Waals surface area contributed by atoms with Gasteiger partial charge in [-0.05, 0) is 37.1 Å². The molecule has 0 aromatic heterocycles. The van der Waals surface area contributed by atoms with E-state index in [9.17, 15) is 9.18 Å². The lowest BCUT2D eigenvalue weighted by Crippen LogP contribution is -2.33. The lowest BCUT2D eigenvalue weighted by atomic mass is 9.95. The summed E-state index contributed by atoms with van der Waals surface area (Å²) in [5, 5.41) is 3.26. The van der Waals surface area contributed by atoms with Gasteiger partial charge in [0.05, 0.1) is 12.9 Å². The van der Waals surface area contributed by atoms with Crippen LogP contribution in [0.1, 0.15) is 48.9 Å². The minimum Gasteiger partial charge on any atom is -0.494 e. The topological polar surface area (TPSA) is 64.3 Å². The highest BCUT2D eigenvalue weighted by atomic mass is 19.1. The summed E-state index contributed by atoms with van der Waals surface area (Å²) in [4.78, 5) is 12.1. The molecule has 3 N–H and O–H groups in total. The molecule has 0 atom stereocenters. The Morgan fingerprint density at radius 3 is 2.82 bits per heavy atom. The molecule has 4 nitrogen and oxygen atoms in total. The lowest BCUT2D eigenvalue weighted by molar-refractivity contribution is 0.0995. The maximum atomic E-state index is 13.3. The van der Waals surface area contributed by atoms with Gasteiger partial charge in [-0.2, -0.15) is 0 Å². The summed E-state index contributed by atoms with van der Waals surface area (Å²) < 4.78 is 18.2. The van der Waals surface area contributed by atoms with Gasteiger partial charge >= 0.3 is 0 Å². The second kappa shape index (κ2) is 7.82. The molecule has 0 saturated heterocycles. The van der Waals surface area contributed by atoms with Crippen molar-refractivity contribution in [3.8, 4) is 5.75 Å². The molecule has 1 aliphatic rings. The molecule has 0 bridgehead atoms. The van der Waals surface area contributed by atoms with Crippen molar-refractivity contribution in [2.24, 2.45) is 5.73 Å². The maximum absolute atomic E-state index is 13.3. The molecular formula is C17H23FN2O2. The third-order valence-corrected chi connectivity index (χ3v) is 3.96. The number of hydrogen-bond acceptors (Lipinski definition) is 4. The van der Waals surface area contributed by atoms with Crippen LogP contribution in [-0.4, -0.2) is 18.9 Å². The van der Waals surface area contributed by atoms with Crippen LogP contribution in [0.5, 0.6) is 5.75 Å². The molecule has 0 aliphatic heterocycles. The minimum absolute atomic E-state index is 0.0723. The Labute approximate surface area is 130 Å². The fourth-order valence-corrected chi connectivity index (χ4v) is 2.70. The van der Waals surface area contributed by atoms with Gasteiger partial charge < -0.3 is 15.8 Å². The Bertz CT molecular complexity index is 552. The first-order chi connectivity index (χ1) is 10.6. The fraction of sp³-hybridized carbons (Fsp3) is 0.471. The van der Waals surface area contributed by atoms with E-state index in [1.54, 1.807) is 6.08 Å². The van der Waals surface area contributed by atoms with Gasteiger partial charge in [-0.25, -0.2) is 4.39 Å². The van der Waals surface area contributed by atoms with Crippen LogP contribution in [-0.2, 0) is 0 Å². The first kappa shape index (κ1) is 16.3. The summed E-state index contributed by atoms with van der Waals surface area (Å²) >= 11 is 0. The van der Waals surface area contributed by atoms with E-state index in [0.717, 1.165) is 12.8 Å². The van der Waals surface area contributed by atoms with Crippen LogP contribution in [0.3, 0.4) is 0 Å². The Morgan fingerprint density at radius 1 is 1.41 bits per heavy atom. The van der Waals surface area contributed by atoms with E-state index < -0.39 is 5.82 Å². The number of carbonyl (C=O) groups excluding carboxylic acids is 1. The smallest absolute Gasteiger partial charge is 0.166 e. The molecule has 1 fully saturated rings. The van der Waals surface area contributed by atoms with E-state index in [-0.39, 0.29) is 18.0 Å². The van der Waals surface area contributed by atoms with Crippen LogP contribution in [0.4, 0.5) is 4.39 Å². The van der Waals surface area contributed by atoms with Crippen LogP contribution >= 0.6 is 0 Å². The van der Waals surface area contributed by atoms with Crippen LogP contribution in [0.2, 0.25) is 0 Å². The van der Waals surface area contributed by atoms with Gasteiger partial charge in [0.1, 0.15) is 0 Å². The van der Waals surface area contributed by atoms with Crippen molar-refractivity contribution < 1.29 is 13.9 Å². The van der Waals surface area contributed by atoms with Crippen LogP contribution in [0.25, 0.3) is 0 Å². The first-order valence-corrected chi connectivity index (χ1v) is 7.69. The van der Waals surface area contributed by atoms with E-state index in [1.165, 1.54) is 44.6 Å². The molecule has 1 aromatic carbocycles. The van der Waals surface area contributed by atoms with Gasteiger partial charge in [0.2, 0.25) is 0 Å². The van der Waals surface area contributed by atoms with Gasteiger partial charge in [-0.15, -0.1) is 0 Å². The summed E-state index contributed by atoms with van der Waals surface area (Å²) in [7, 11) is 1.37. The number of rotatable bonds is 6. The van der Waals surface area contributed by atoms with Crippen molar-refractivity contribution in [3.63, 3.8) is 0 Å². The third-order valence-electron chi connectivity index (χ3n) is 3.96. The Kier molecular flexibility index (Phi) is 5.81. The van der Waals surface area contributed by atoms with Crippen molar-refractivity contribution in [2.45, 2.75) is 44.6 Å². The Balaban J connectivity index is 1.91. The molecule has 22 heavy (non-hydrogen) atoms. The normalized spacial score (nSPS) is 16.4. The minimum atomic E-state index is -0.479. The van der Waals surface area contributed by atoms with E-state index in [2.05, 4.69) is 5.32 Å². The van der Waals surface area contributed by atoms with E-state index in [0.29, 0.717) is 17.4 Å². The van der Waals surface area contributed by atoms with Gasteiger partial charge in [0, 0.05) is 18.0 Å². The summed E-state index contributed by atoms with van der Waals surface area (Å²) in [5.41, 5.74) is 6.34. The Morgan fingerprint density at radius 2 is 2.14 bits per heavy atom. The number of carbonyl (C=O) groups is 1. The van der Waals surface area contributed by atoms with Gasteiger partial charge in [0.15, 0.2) is 17.3 Å². The fourth-order valence-electron chi connectivity index (χ4n) is 2.70. The number of ketones is 1. The zero-order valence-corrected chi connectivity index (χ0v) is 12.9. The molecule has 0 heterocycles. The number of halogens is 1. The summed E-state index contributed by atoms with van der Waals surface area (Å²) in [6.07, 6.45) is 7.84. The zero-order valence-electron chi connectivity index (χ0n) is 12.9. The van der Waals surface area contributed by atoms with Crippen molar-refractivity contribution >= 4 is 5.78 Å². The van der Waals surface area contributed by atoms with E-state index >= 15 is 0 Å². The predicted octanol–water partition coefficient (Wildman–Crippen LogP) is 3.13. The number of benzene rings is 1. The molecule has 120 valence electrons. The quantitative estimate of drug-likeness (QED) is 0.793. The number of nitrogens with one attached hydrogen (secondary N) is 1. The van der Waals surface area contributed by atoms with Crippen LogP contribution in [0.15, 0.2) is 30.1 Å². The predicted molar refractivity (Wildman–Crippen MR) is 84.2 cm³/mol. The van der Waals surface area contributed by atoms with Crippen molar-refractivity contribution in [1.29, 1.82) is 0 Å². The molecule has 0 spiro atoms. The number of methoxy groups -OCH3 is 1. The first-order valence-electron chi connectivity index (χ1n) is 7.69. The van der Waals surface area contributed by atoms with Crippen molar-refractivity contribution in [3.05, 3.63) is 41.5 Å². The van der Waals surface area contributed by atoms with Crippen molar-refractivity contribution in [2.75, 3.05) is 7.11 Å². The Hall–Kier alpha value is -2.04. The molecule has 5 heteroatoms. The third kappa shape index (κ3) is 4.48. The monoisotopic (exact) mass is 306 g/mol. The average Bonchev–Trinajstić information content (AvgIpc) is 2.54. The van der Waals surface area contributed by atoms with Gasteiger partial charge in [-0.1, -0.05) is 19.3 Å². The van der Waals surface area contributed by atoms with Gasteiger partial charge in [-0.3, -0.25) is 4.79 Å². The molecule has 1 aromatic rings. The maximum Gasteiger partial charge on any atom is 0.166 e. The molecule has 1 aliphatic carbocycles. The van der Waals surface area contributed by atoms with Crippen molar-refractivity contribution in [1.82, 2.24) is 5.32 Å². The second-order valence-electron chi connectivity index (χ2n) is 5.62. The average molecular weight is 306 g/mol. The summed E-state index contributed by atoms with van der Waals surface area (Å²) in [6, 6.07) is 4.51. The molecular weight excluding hydrogens is 283 g/mol. The van der Waals surface area contributed by atoms with Gasteiger partial charge in [0.25, 0.3) is 0 Å². The molecule has 0 unspecified atom stereocenters. The highest BCUT2D eigenvalue weighted by Crippen LogP contribution is 2.20. The number of nitrogens with two attached hydrogens (primary N) is 1.